The van der Waals surface area contributed by atoms with E-state index in [9.17, 15) is 19.6 Å². The van der Waals surface area contributed by atoms with Crippen molar-refractivity contribution in [2.75, 3.05) is 69.9 Å². The van der Waals surface area contributed by atoms with Gasteiger partial charge in [0.2, 0.25) is 5.91 Å². The smallest absolute Gasteiger partial charge is 0.265 e. The van der Waals surface area contributed by atoms with Gasteiger partial charge < -0.3 is 44.2 Å². The summed E-state index contributed by atoms with van der Waals surface area (Å²) >= 11 is 1.02. The molecule has 1 spiro atoms. The number of piperazine rings is 1. The molecule has 2 amide bonds. The molecule has 18 heteroatoms. The van der Waals surface area contributed by atoms with Crippen LogP contribution < -0.4 is 29.1 Å². The zero-order valence-corrected chi connectivity index (χ0v) is 44.2. The highest BCUT2D eigenvalue weighted by atomic mass is 32.2. The molecular weight excluding hydrogens is 976 g/mol. The van der Waals surface area contributed by atoms with Crippen LogP contribution in [0.15, 0.2) is 76.9 Å². The normalized spacial score (nSPS) is 23.8. The number of aromatic nitrogens is 2. The van der Waals surface area contributed by atoms with E-state index >= 15 is 4.39 Å². The fraction of sp³-hybridized carbons (Fsp3) is 0.526. The van der Waals surface area contributed by atoms with Crippen LogP contribution in [0.4, 0.5) is 21.5 Å². The minimum absolute atomic E-state index is 0.0324. The van der Waals surface area contributed by atoms with Crippen LogP contribution in [0.1, 0.15) is 118 Å². The number of carbonyl (C=O) groups is 2. The average Bonchev–Trinajstić information content (AvgIpc) is 4.21. The van der Waals surface area contributed by atoms with Crippen molar-refractivity contribution in [2.45, 2.75) is 120 Å². The van der Waals surface area contributed by atoms with Crippen LogP contribution in [-0.4, -0.2) is 114 Å². The number of nitroso groups, excluding NO2 is 1. The Morgan fingerprint density at radius 2 is 1.77 bits per heavy atom. The quantitative estimate of drug-likeness (QED) is 0.0416. The first kappa shape index (κ1) is 51.2. The maximum absolute atomic E-state index is 15.1. The Hall–Kier alpha value is -5.95. The first-order chi connectivity index (χ1) is 36.3. The maximum Gasteiger partial charge on any atom is 0.265 e. The van der Waals surface area contributed by atoms with Crippen molar-refractivity contribution in [3.8, 4) is 23.1 Å². The number of aromatic amines is 1. The number of anilines is 2. The summed E-state index contributed by atoms with van der Waals surface area (Å²) in [6.45, 7) is 11.2. The zero-order chi connectivity index (χ0) is 52.0. The van der Waals surface area contributed by atoms with Crippen molar-refractivity contribution in [2.24, 2.45) is 22.4 Å². The predicted octanol–water partition coefficient (Wildman–Crippen LogP) is 10.6. The van der Waals surface area contributed by atoms with Gasteiger partial charge in [-0.05, 0) is 141 Å². The lowest BCUT2D eigenvalue weighted by atomic mass is 9.59. The van der Waals surface area contributed by atoms with E-state index in [-0.39, 0.29) is 82.2 Å². The minimum Gasteiger partial charge on any atom is -0.489 e. The Labute approximate surface area is 441 Å². The lowest BCUT2D eigenvalue weighted by Gasteiger charge is -2.58. The second-order valence-corrected chi connectivity index (χ2v) is 23.3. The molecule has 75 heavy (non-hydrogen) atoms. The molecule has 3 aliphatic heterocycles. The summed E-state index contributed by atoms with van der Waals surface area (Å²) in [5.41, 5.74) is 4.32. The Morgan fingerprint density at radius 3 is 2.52 bits per heavy atom. The van der Waals surface area contributed by atoms with Crippen LogP contribution in [0, 0.1) is 28.0 Å². The number of nitrogens with one attached hydrogen (secondary N) is 3. The van der Waals surface area contributed by atoms with Gasteiger partial charge >= 0.3 is 0 Å². The van der Waals surface area contributed by atoms with E-state index in [0.29, 0.717) is 53.6 Å². The highest BCUT2D eigenvalue weighted by Crippen LogP contribution is 2.54. The molecule has 0 bridgehead atoms. The number of hydrogen-bond acceptors (Lipinski definition) is 14. The van der Waals surface area contributed by atoms with Gasteiger partial charge in [0.25, 0.3) is 11.8 Å². The van der Waals surface area contributed by atoms with E-state index in [1.807, 2.05) is 19.1 Å². The Morgan fingerprint density at radius 1 is 0.987 bits per heavy atom. The lowest BCUT2D eigenvalue weighted by Crippen LogP contribution is -2.60. The predicted molar refractivity (Wildman–Crippen MR) is 287 cm³/mol. The number of amides is 2. The summed E-state index contributed by atoms with van der Waals surface area (Å²) in [6.07, 6.45) is 10.6. The number of benzene rings is 3. The Balaban J connectivity index is 0.808. The number of halogens is 1. The van der Waals surface area contributed by atoms with Crippen molar-refractivity contribution < 1.29 is 38.0 Å². The molecule has 2 aromatic heterocycles. The fourth-order valence-electron chi connectivity index (χ4n) is 12.4. The van der Waals surface area contributed by atoms with Crippen molar-refractivity contribution in [3.63, 3.8) is 0 Å². The third-order valence-corrected chi connectivity index (χ3v) is 17.7. The van der Waals surface area contributed by atoms with E-state index in [4.69, 9.17) is 18.9 Å². The Bertz CT molecular complexity index is 2920. The number of pyridine rings is 1. The van der Waals surface area contributed by atoms with Crippen molar-refractivity contribution >= 4 is 51.9 Å². The molecule has 6 aliphatic rings. The van der Waals surface area contributed by atoms with E-state index in [1.165, 1.54) is 23.4 Å². The first-order valence-corrected chi connectivity index (χ1v) is 27.7. The number of piperidine rings is 1. The third-order valence-electron chi connectivity index (χ3n) is 17.0. The van der Waals surface area contributed by atoms with Gasteiger partial charge in [-0.15, -0.1) is 4.91 Å². The number of H-pyrrole nitrogens is 1. The molecule has 398 valence electrons. The number of nitrogens with zero attached hydrogens (tertiary/aromatic N) is 5. The van der Waals surface area contributed by atoms with Crippen LogP contribution in [0.2, 0.25) is 0 Å². The number of aliphatic hydroxyl groups is 1. The molecule has 5 heterocycles. The van der Waals surface area contributed by atoms with Gasteiger partial charge in [-0.3, -0.25) is 19.2 Å². The Kier molecular flexibility index (Phi) is 14.5. The molecule has 4 N–H and O–H groups in total. The molecule has 16 nitrogen and oxygen atoms in total. The first-order valence-electron chi connectivity index (χ1n) is 26.9. The number of hydrogen-bond donors (Lipinski definition) is 4. The fourth-order valence-corrected chi connectivity index (χ4v) is 13.0. The lowest BCUT2D eigenvalue weighted by molar-refractivity contribution is -0.138. The summed E-state index contributed by atoms with van der Waals surface area (Å²) in [5.74, 6) is 1.13. The van der Waals surface area contributed by atoms with Gasteiger partial charge in [-0.2, -0.15) is 4.98 Å². The second-order valence-electron chi connectivity index (χ2n) is 22.4. The summed E-state index contributed by atoms with van der Waals surface area (Å²) in [7, 11) is 1.56. The molecule has 5 fully saturated rings. The second kappa shape index (κ2) is 21.2. The van der Waals surface area contributed by atoms with Crippen LogP contribution in [0.3, 0.4) is 0 Å². The minimum atomic E-state index is -0.665. The van der Waals surface area contributed by atoms with E-state index in [0.717, 1.165) is 102 Å². The molecule has 0 unspecified atom stereocenters. The van der Waals surface area contributed by atoms with Crippen LogP contribution in [-0.2, 0) is 9.53 Å². The van der Waals surface area contributed by atoms with Gasteiger partial charge in [0.1, 0.15) is 47.6 Å². The van der Waals surface area contributed by atoms with Crippen molar-refractivity contribution in [1.29, 1.82) is 0 Å². The largest absolute Gasteiger partial charge is 0.489 e. The van der Waals surface area contributed by atoms with Gasteiger partial charge in [0, 0.05) is 80.7 Å². The number of fused-ring (bicyclic) bond motifs is 2. The van der Waals surface area contributed by atoms with E-state index in [1.54, 1.807) is 25.3 Å². The molecule has 2 saturated heterocycles. The number of ether oxygens (including phenoxy) is 4. The summed E-state index contributed by atoms with van der Waals surface area (Å²) < 4.78 is 42.1. The highest BCUT2D eigenvalue weighted by molar-refractivity contribution is 7.98. The zero-order valence-electron chi connectivity index (χ0n) is 43.4. The third kappa shape index (κ3) is 10.8. The molecular formula is C57H69FN8O8S. The molecule has 5 aromatic rings. The van der Waals surface area contributed by atoms with Gasteiger partial charge in [0.15, 0.2) is 5.75 Å². The number of rotatable bonds is 16. The molecule has 3 saturated carbocycles. The number of carbonyl (C=O) groups excluding carboxylic acids is 2. The standard InChI is InChI=1S/C57H69FN8O8S/c1-34(2)40-7-5-6-8-41(40)47-32-65(55(68)36-9-10-36)21-22-66(47)38-29-57(30-38)17-19-64(20-18-57)37-11-12-42(48(25-37)74-50-28-43-44(58)31-59-52(43)61-54(50)72-24-23-71-4)53(67)63-75-39-26-45(62-70)51-49(27-39)73-33-46(60-51)35-13-15-56(3,69)16-14-35/h5-8,11-12,25-28,31,34-36,38,46-47,60,69H,9-10,13-24,29-30,32-33H2,1-4H3,(H,59,61)(H,63,67)/t35-,46-,47+,56-/m1/s1. The summed E-state index contributed by atoms with van der Waals surface area (Å²) in [4.78, 5) is 55.1. The average molecular weight is 1050 g/mol. The van der Waals surface area contributed by atoms with Gasteiger partial charge in [-0.25, -0.2) is 4.39 Å². The summed E-state index contributed by atoms with van der Waals surface area (Å²) in [6, 6.07) is 19.8. The molecule has 2 atom stereocenters. The highest BCUT2D eigenvalue weighted by Gasteiger charge is 2.51. The molecule has 3 aromatic carbocycles. The van der Waals surface area contributed by atoms with Gasteiger partial charge in [-0.1, -0.05) is 38.1 Å². The summed E-state index contributed by atoms with van der Waals surface area (Å²) in [5, 5.41) is 17.5. The topological polar surface area (TPSA) is 183 Å². The molecule has 3 aliphatic carbocycles. The van der Waals surface area contributed by atoms with Crippen molar-refractivity contribution in [1.82, 2.24) is 24.5 Å². The van der Waals surface area contributed by atoms with Crippen LogP contribution >= 0.6 is 11.9 Å². The number of methoxy groups -OCH3 is 1. The van der Waals surface area contributed by atoms with Crippen molar-refractivity contribution in [3.05, 3.63) is 94.3 Å². The molecule has 11 rings (SSSR count). The van der Waals surface area contributed by atoms with Gasteiger partial charge in [0.05, 0.1) is 35.2 Å². The van der Waals surface area contributed by atoms with E-state index < -0.39 is 17.3 Å². The SMILES string of the molecule is COCCOc1nc2[nH]cc(F)c2cc1Oc1cc(N2CCC3(CC2)CC(N2CCN(C(=O)C4CC4)C[C@H]2c2ccccc2C(C)C)C3)ccc1C(=O)NSc1cc(N=O)c2c(c1)OC[C@H]([C@H]1CC[C@](C)(O)CC1)N2. The van der Waals surface area contributed by atoms with Crippen LogP contribution in [0.5, 0.6) is 23.1 Å². The van der Waals surface area contributed by atoms with Crippen LogP contribution in [0.25, 0.3) is 11.0 Å². The maximum atomic E-state index is 15.1. The monoisotopic (exact) mass is 1040 g/mol. The van der Waals surface area contributed by atoms with E-state index in [2.05, 4.69) is 78.0 Å². The molecule has 0 radical (unpaired) electrons.